The maximum Gasteiger partial charge on any atom is 0.341 e. The number of hydrogen-bond acceptors (Lipinski definition) is 6. The van der Waals surface area contributed by atoms with Crippen LogP contribution in [-0.2, 0) is 4.74 Å². The van der Waals surface area contributed by atoms with Crippen LogP contribution in [0.15, 0.2) is 6.20 Å². The maximum atomic E-state index is 11.7. The van der Waals surface area contributed by atoms with Gasteiger partial charge in [0.25, 0.3) is 0 Å². The summed E-state index contributed by atoms with van der Waals surface area (Å²) in [5.74, 6) is 0.179. The SMILES string of the molecule is CCOC(=O)c1cnc(N(C)CC(C)C(N)=S)nc1C. The third-order valence-corrected chi connectivity index (χ3v) is 3.24. The van der Waals surface area contributed by atoms with Crippen LogP contribution in [0.5, 0.6) is 0 Å². The summed E-state index contributed by atoms with van der Waals surface area (Å²) < 4.78 is 4.94. The van der Waals surface area contributed by atoms with Crippen molar-refractivity contribution in [3.8, 4) is 0 Å². The molecule has 1 aromatic rings. The van der Waals surface area contributed by atoms with Crippen LogP contribution in [0, 0.1) is 12.8 Å². The second-order valence-corrected chi connectivity index (χ2v) is 5.04. The summed E-state index contributed by atoms with van der Waals surface area (Å²) in [5, 5.41) is 0. The average molecular weight is 296 g/mol. The number of ether oxygens (including phenoxy) is 1. The van der Waals surface area contributed by atoms with E-state index >= 15 is 0 Å². The molecule has 1 heterocycles. The number of nitrogens with two attached hydrogens (primary N) is 1. The van der Waals surface area contributed by atoms with Crippen LogP contribution in [0.3, 0.4) is 0 Å². The number of anilines is 1. The summed E-state index contributed by atoms with van der Waals surface area (Å²) in [5.41, 5.74) is 6.56. The molecule has 0 amide bonds. The Bertz CT molecular complexity index is 507. The van der Waals surface area contributed by atoms with Gasteiger partial charge in [0.05, 0.1) is 22.9 Å². The van der Waals surface area contributed by atoms with Crippen molar-refractivity contribution in [3.05, 3.63) is 17.5 Å². The van der Waals surface area contributed by atoms with Crippen LogP contribution >= 0.6 is 12.2 Å². The van der Waals surface area contributed by atoms with Gasteiger partial charge in [0.15, 0.2) is 0 Å². The number of aryl methyl sites for hydroxylation is 1. The summed E-state index contributed by atoms with van der Waals surface area (Å²) in [4.78, 5) is 22.5. The van der Waals surface area contributed by atoms with E-state index < -0.39 is 5.97 Å². The third kappa shape index (κ3) is 4.12. The second kappa shape index (κ2) is 7.14. The van der Waals surface area contributed by atoms with Gasteiger partial charge < -0.3 is 15.4 Å². The number of hydrogen-bond donors (Lipinski definition) is 1. The van der Waals surface area contributed by atoms with Crippen molar-refractivity contribution < 1.29 is 9.53 Å². The normalized spacial score (nSPS) is 11.8. The zero-order valence-electron chi connectivity index (χ0n) is 12.2. The van der Waals surface area contributed by atoms with E-state index in [4.69, 9.17) is 22.7 Å². The Kier molecular flexibility index (Phi) is 5.82. The molecule has 0 aliphatic heterocycles. The molecule has 6 nitrogen and oxygen atoms in total. The number of esters is 1. The van der Waals surface area contributed by atoms with E-state index in [1.54, 1.807) is 13.8 Å². The molecule has 0 fully saturated rings. The van der Waals surface area contributed by atoms with Gasteiger partial charge in [-0.1, -0.05) is 19.1 Å². The first kappa shape index (κ1) is 16.3. The molecule has 2 N–H and O–H groups in total. The highest BCUT2D eigenvalue weighted by Crippen LogP contribution is 2.12. The van der Waals surface area contributed by atoms with E-state index in [1.807, 2.05) is 18.9 Å². The minimum atomic E-state index is -0.407. The lowest BCUT2D eigenvalue weighted by molar-refractivity contribution is 0.0524. The predicted octanol–water partition coefficient (Wildman–Crippen LogP) is 1.32. The van der Waals surface area contributed by atoms with Crippen LogP contribution in [0.2, 0.25) is 0 Å². The molecule has 0 saturated heterocycles. The van der Waals surface area contributed by atoms with Gasteiger partial charge in [-0.3, -0.25) is 0 Å². The molecular weight excluding hydrogens is 276 g/mol. The van der Waals surface area contributed by atoms with Gasteiger partial charge in [-0.25, -0.2) is 14.8 Å². The molecular formula is C13H20N4O2S. The number of rotatable bonds is 6. The Hall–Kier alpha value is -1.76. The largest absolute Gasteiger partial charge is 0.462 e. The van der Waals surface area contributed by atoms with Gasteiger partial charge in [-0.2, -0.15) is 0 Å². The van der Waals surface area contributed by atoms with E-state index in [1.165, 1.54) is 6.20 Å². The molecule has 0 radical (unpaired) electrons. The highest BCUT2D eigenvalue weighted by atomic mass is 32.1. The van der Waals surface area contributed by atoms with E-state index in [0.717, 1.165) is 0 Å². The summed E-state index contributed by atoms with van der Waals surface area (Å²) in [7, 11) is 1.85. The average Bonchev–Trinajstić information content (AvgIpc) is 2.38. The molecule has 1 aromatic heterocycles. The van der Waals surface area contributed by atoms with Gasteiger partial charge >= 0.3 is 5.97 Å². The minimum absolute atomic E-state index is 0.0589. The molecule has 110 valence electrons. The van der Waals surface area contributed by atoms with Crippen molar-refractivity contribution in [1.29, 1.82) is 0 Å². The molecule has 20 heavy (non-hydrogen) atoms. The lowest BCUT2D eigenvalue weighted by Gasteiger charge is -2.21. The first-order chi connectivity index (χ1) is 9.36. The summed E-state index contributed by atoms with van der Waals surface area (Å²) >= 11 is 4.95. The topological polar surface area (TPSA) is 81.3 Å². The molecule has 1 rings (SSSR count). The van der Waals surface area contributed by atoms with Crippen molar-refractivity contribution in [3.63, 3.8) is 0 Å². The molecule has 0 aliphatic rings. The smallest absolute Gasteiger partial charge is 0.341 e. The van der Waals surface area contributed by atoms with Gasteiger partial charge in [-0.05, 0) is 13.8 Å². The Morgan fingerprint density at radius 3 is 2.75 bits per heavy atom. The van der Waals surface area contributed by atoms with Gasteiger partial charge in [0.2, 0.25) is 5.95 Å². The van der Waals surface area contributed by atoms with Crippen LogP contribution < -0.4 is 10.6 Å². The molecule has 0 spiro atoms. The highest BCUT2D eigenvalue weighted by Gasteiger charge is 2.16. The summed E-state index contributed by atoms with van der Waals surface area (Å²) in [6, 6.07) is 0. The first-order valence-electron chi connectivity index (χ1n) is 6.38. The number of aromatic nitrogens is 2. The highest BCUT2D eigenvalue weighted by molar-refractivity contribution is 7.80. The number of carbonyl (C=O) groups is 1. The standard InChI is InChI=1S/C13H20N4O2S/c1-5-19-12(18)10-6-15-13(16-9(10)3)17(4)7-8(2)11(14)20/h6,8H,5,7H2,1-4H3,(H2,14,20). The maximum absolute atomic E-state index is 11.7. The van der Waals surface area contributed by atoms with Crippen molar-refractivity contribution in [2.45, 2.75) is 20.8 Å². The molecule has 1 atom stereocenters. The van der Waals surface area contributed by atoms with Crippen molar-refractivity contribution in [2.24, 2.45) is 11.7 Å². The summed E-state index contributed by atoms with van der Waals surface area (Å²) in [6.45, 7) is 6.40. The zero-order chi connectivity index (χ0) is 15.3. The lowest BCUT2D eigenvalue weighted by atomic mass is 10.2. The molecule has 0 saturated carbocycles. The van der Waals surface area contributed by atoms with Crippen LogP contribution in [0.25, 0.3) is 0 Å². The number of carbonyl (C=O) groups excluding carboxylic acids is 1. The Morgan fingerprint density at radius 1 is 1.60 bits per heavy atom. The quantitative estimate of drug-likeness (QED) is 0.626. The Balaban J connectivity index is 2.86. The fourth-order valence-electron chi connectivity index (χ4n) is 1.63. The van der Waals surface area contributed by atoms with E-state index in [0.29, 0.717) is 35.3 Å². The number of thiocarbonyl (C=S) groups is 1. The van der Waals surface area contributed by atoms with E-state index in [-0.39, 0.29) is 5.92 Å². The van der Waals surface area contributed by atoms with Crippen LogP contribution in [0.1, 0.15) is 29.9 Å². The fraction of sp³-hybridized carbons (Fsp3) is 0.538. The predicted molar refractivity (Wildman–Crippen MR) is 81.9 cm³/mol. The first-order valence-corrected chi connectivity index (χ1v) is 6.78. The number of nitrogens with zero attached hydrogens (tertiary/aromatic N) is 3. The lowest BCUT2D eigenvalue weighted by Crippen LogP contribution is -2.32. The van der Waals surface area contributed by atoms with Gasteiger partial charge in [0.1, 0.15) is 0 Å². The van der Waals surface area contributed by atoms with Gasteiger partial charge in [-0.15, -0.1) is 0 Å². The molecule has 7 heteroatoms. The third-order valence-electron chi connectivity index (χ3n) is 2.84. The molecule has 0 bridgehead atoms. The minimum Gasteiger partial charge on any atom is -0.462 e. The molecule has 0 aliphatic carbocycles. The van der Waals surface area contributed by atoms with Gasteiger partial charge in [0, 0.05) is 25.7 Å². The monoisotopic (exact) mass is 296 g/mol. The summed E-state index contributed by atoms with van der Waals surface area (Å²) in [6.07, 6.45) is 1.48. The van der Waals surface area contributed by atoms with E-state index in [2.05, 4.69) is 9.97 Å². The second-order valence-electron chi connectivity index (χ2n) is 4.57. The Morgan fingerprint density at radius 2 is 2.25 bits per heavy atom. The van der Waals surface area contributed by atoms with Crippen molar-refractivity contribution in [2.75, 3.05) is 25.1 Å². The molecule has 0 aromatic carbocycles. The fourth-order valence-corrected chi connectivity index (χ4v) is 1.70. The van der Waals surface area contributed by atoms with E-state index in [9.17, 15) is 4.79 Å². The van der Waals surface area contributed by atoms with Crippen LogP contribution in [-0.4, -0.2) is 41.1 Å². The van der Waals surface area contributed by atoms with Crippen LogP contribution in [0.4, 0.5) is 5.95 Å². The zero-order valence-corrected chi connectivity index (χ0v) is 13.0. The van der Waals surface area contributed by atoms with Crippen molar-refractivity contribution >= 4 is 29.1 Å². The van der Waals surface area contributed by atoms with Crippen molar-refractivity contribution in [1.82, 2.24) is 9.97 Å². The Labute approximate surface area is 124 Å². The molecule has 1 unspecified atom stereocenters.